The van der Waals surface area contributed by atoms with Crippen molar-refractivity contribution in [3.8, 4) is 0 Å². The van der Waals surface area contributed by atoms with E-state index in [-0.39, 0.29) is 17.7 Å². The van der Waals surface area contributed by atoms with Crippen LogP contribution in [0.5, 0.6) is 0 Å². The van der Waals surface area contributed by atoms with Crippen LogP contribution in [0.15, 0.2) is 54.9 Å². The lowest BCUT2D eigenvalue weighted by Crippen LogP contribution is -2.38. The van der Waals surface area contributed by atoms with Gasteiger partial charge in [0.25, 0.3) is 5.91 Å². The predicted octanol–water partition coefficient (Wildman–Crippen LogP) is 3.33. The molecule has 2 amide bonds. The molecule has 0 radical (unpaired) electrons. The lowest BCUT2D eigenvalue weighted by molar-refractivity contribution is -0.118. The zero-order valence-electron chi connectivity index (χ0n) is 18.8. The highest BCUT2D eigenvalue weighted by molar-refractivity contribution is 5.95. The molecule has 2 aromatic heterocycles. The monoisotopic (exact) mass is 441 g/mol. The van der Waals surface area contributed by atoms with E-state index in [0.29, 0.717) is 38.0 Å². The number of amides is 2. The molecule has 7 heteroatoms. The minimum Gasteiger partial charge on any atom is -0.338 e. The predicted molar refractivity (Wildman–Crippen MR) is 125 cm³/mol. The average Bonchev–Trinajstić information content (AvgIpc) is 3.34. The molecule has 1 aromatic carbocycles. The van der Waals surface area contributed by atoms with E-state index in [9.17, 15) is 9.59 Å². The normalized spacial score (nSPS) is 17.8. The molecule has 1 saturated heterocycles. The number of aromatic nitrogens is 3. The van der Waals surface area contributed by atoms with E-state index in [1.807, 2.05) is 34.9 Å². The number of nitrogens with zero attached hydrogens (tertiary/aromatic N) is 5. The second kappa shape index (κ2) is 9.10. The summed E-state index contributed by atoms with van der Waals surface area (Å²) in [7, 11) is 0. The summed E-state index contributed by atoms with van der Waals surface area (Å²) < 4.78 is 0. The van der Waals surface area contributed by atoms with Gasteiger partial charge in [-0.3, -0.25) is 19.5 Å². The summed E-state index contributed by atoms with van der Waals surface area (Å²) in [5.74, 6) is 1.64. The molecule has 1 fully saturated rings. The molecule has 2 aliphatic rings. The van der Waals surface area contributed by atoms with Crippen LogP contribution in [0.2, 0.25) is 0 Å². The molecule has 168 valence electrons. The van der Waals surface area contributed by atoms with Crippen molar-refractivity contribution in [1.29, 1.82) is 0 Å². The van der Waals surface area contributed by atoms with Crippen LogP contribution >= 0.6 is 0 Å². The maximum absolute atomic E-state index is 12.8. The third-order valence-electron chi connectivity index (χ3n) is 6.57. The number of pyridine rings is 1. The van der Waals surface area contributed by atoms with Crippen LogP contribution < -0.4 is 4.90 Å². The quantitative estimate of drug-likeness (QED) is 0.607. The number of hydrogen-bond acceptors (Lipinski definition) is 5. The van der Waals surface area contributed by atoms with Crippen molar-refractivity contribution < 1.29 is 9.59 Å². The highest BCUT2D eigenvalue weighted by Gasteiger charge is 2.33. The third-order valence-corrected chi connectivity index (χ3v) is 6.57. The Morgan fingerprint density at radius 1 is 1.09 bits per heavy atom. The maximum Gasteiger partial charge on any atom is 0.255 e. The van der Waals surface area contributed by atoms with Crippen LogP contribution in [-0.2, 0) is 17.6 Å². The van der Waals surface area contributed by atoms with Gasteiger partial charge in [0.2, 0.25) is 5.91 Å². The molecular formula is C26H27N5O2. The van der Waals surface area contributed by atoms with Gasteiger partial charge in [-0.25, -0.2) is 9.97 Å². The first kappa shape index (κ1) is 21.2. The Balaban J connectivity index is 1.37. The Kier molecular flexibility index (Phi) is 5.86. The standard InChI is InChI=1S/C26H27N5O2/c1-18-22-9-10-23(32)31(15-11-19-6-3-2-4-7-19)25(22)29-24(28-18)21-12-14-30(17-21)26(33)20-8-5-13-27-16-20/h2-8,13,16,21H,9-12,14-15,17H2,1H3. The van der Waals surface area contributed by atoms with E-state index >= 15 is 0 Å². The van der Waals surface area contributed by atoms with Gasteiger partial charge in [0, 0.05) is 55.6 Å². The summed E-state index contributed by atoms with van der Waals surface area (Å²) in [4.78, 5) is 43.1. The van der Waals surface area contributed by atoms with Gasteiger partial charge in [-0.15, -0.1) is 0 Å². The third kappa shape index (κ3) is 4.35. The molecule has 0 aliphatic carbocycles. The maximum atomic E-state index is 12.8. The minimum absolute atomic E-state index is 0.0139. The molecule has 0 N–H and O–H groups in total. The minimum atomic E-state index is -0.0139. The fourth-order valence-corrected chi connectivity index (χ4v) is 4.73. The van der Waals surface area contributed by atoms with Gasteiger partial charge in [-0.05, 0) is 43.9 Å². The SMILES string of the molecule is Cc1nc(C2CCN(C(=O)c3cccnc3)C2)nc2c1CCC(=O)N2CCc1ccccc1. The summed E-state index contributed by atoms with van der Waals surface area (Å²) in [6.07, 6.45) is 6.02. The van der Waals surface area contributed by atoms with Crippen molar-refractivity contribution in [3.63, 3.8) is 0 Å². The molecule has 1 atom stereocenters. The summed E-state index contributed by atoms with van der Waals surface area (Å²) >= 11 is 0. The first-order valence-corrected chi connectivity index (χ1v) is 11.5. The van der Waals surface area contributed by atoms with Crippen molar-refractivity contribution in [2.75, 3.05) is 24.5 Å². The van der Waals surface area contributed by atoms with Crippen LogP contribution in [0.4, 0.5) is 5.82 Å². The average molecular weight is 442 g/mol. The lowest BCUT2D eigenvalue weighted by Gasteiger charge is -2.30. The number of aryl methyl sites for hydroxylation is 1. The molecule has 0 spiro atoms. The highest BCUT2D eigenvalue weighted by Crippen LogP contribution is 2.32. The molecule has 0 saturated carbocycles. The number of hydrogen-bond donors (Lipinski definition) is 0. The van der Waals surface area contributed by atoms with E-state index < -0.39 is 0 Å². The first-order chi connectivity index (χ1) is 16.1. The van der Waals surface area contributed by atoms with Gasteiger partial charge in [0.1, 0.15) is 11.6 Å². The number of rotatable bonds is 5. The van der Waals surface area contributed by atoms with Crippen molar-refractivity contribution in [2.45, 2.75) is 38.5 Å². The van der Waals surface area contributed by atoms with Crippen LogP contribution in [-0.4, -0.2) is 51.3 Å². The Morgan fingerprint density at radius 2 is 1.94 bits per heavy atom. The van der Waals surface area contributed by atoms with E-state index in [1.165, 1.54) is 5.56 Å². The molecule has 2 aliphatic heterocycles. The number of likely N-dealkylation sites (tertiary alicyclic amines) is 1. The topological polar surface area (TPSA) is 79.3 Å². The van der Waals surface area contributed by atoms with Crippen LogP contribution in [0.3, 0.4) is 0 Å². The molecule has 1 unspecified atom stereocenters. The lowest BCUT2D eigenvalue weighted by atomic mass is 10.0. The van der Waals surface area contributed by atoms with Crippen molar-refractivity contribution in [3.05, 3.63) is 83.1 Å². The van der Waals surface area contributed by atoms with Gasteiger partial charge in [-0.1, -0.05) is 30.3 Å². The van der Waals surface area contributed by atoms with Crippen LogP contribution in [0.1, 0.15) is 51.8 Å². The van der Waals surface area contributed by atoms with Crippen molar-refractivity contribution in [2.24, 2.45) is 0 Å². The Labute approximate surface area is 193 Å². The van der Waals surface area contributed by atoms with Crippen LogP contribution in [0, 0.1) is 6.92 Å². The second-order valence-corrected chi connectivity index (χ2v) is 8.73. The van der Waals surface area contributed by atoms with E-state index in [0.717, 1.165) is 35.7 Å². The Morgan fingerprint density at radius 3 is 2.73 bits per heavy atom. The van der Waals surface area contributed by atoms with Gasteiger partial charge in [0.15, 0.2) is 0 Å². The molecule has 5 rings (SSSR count). The summed E-state index contributed by atoms with van der Waals surface area (Å²) in [5.41, 5.74) is 3.79. The van der Waals surface area contributed by atoms with Gasteiger partial charge in [-0.2, -0.15) is 0 Å². The molecule has 0 bridgehead atoms. The largest absolute Gasteiger partial charge is 0.338 e. The molecular weight excluding hydrogens is 414 g/mol. The molecule has 4 heterocycles. The summed E-state index contributed by atoms with van der Waals surface area (Å²) in [6, 6.07) is 13.8. The molecule has 7 nitrogen and oxygen atoms in total. The number of fused-ring (bicyclic) bond motifs is 1. The Bertz CT molecular complexity index is 1170. The van der Waals surface area contributed by atoms with Crippen LogP contribution in [0.25, 0.3) is 0 Å². The van der Waals surface area contributed by atoms with E-state index in [1.54, 1.807) is 24.5 Å². The number of anilines is 1. The fourth-order valence-electron chi connectivity index (χ4n) is 4.73. The summed E-state index contributed by atoms with van der Waals surface area (Å²) in [6.45, 7) is 3.84. The fraction of sp³-hybridized carbons (Fsp3) is 0.346. The number of carbonyl (C=O) groups excluding carboxylic acids is 2. The second-order valence-electron chi connectivity index (χ2n) is 8.73. The zero-order chi connectivity index (χ0) is 22.8. The Hall–Kier alpha value is -3.61. The van der Waals surface area contributed by atoms with Gasteiger partial charge in [0.05, 0.1) is 5.56 Å². The molecule has 33 heavy (non-hydrogen) atoms. The van der Waals surface area contributed by atoms with Gasteiger partial charge < -0.3 is 4.90 Å². The van der Waals surface area contributed by atoms with Gasteiger partial charge >= 0.3 is 0 Å². The highest BCUT2D eigenvalue weighted by atomic mass is 16.2. The number of benzene rings is 1. The van der Waals surface area contributed by atoms with E-state index in [4.69, 9.17) is 9.97 Å². The smallest absolute Gasteiger partial charge is 0.255 e. The van der Waals surface area contributed by atoms with E-state index in [2.05, 4.69) is 17.1 Å². The zero-order valence-corrected chi connectivity index (χ0v) is 18.8. The van der Waals surface area contributed by atoms with Crippen molar-refractivity contribution >= 4 is 17.6 Å². The first-order valence-electron chi connectivity index (χ1n) is 11.5. The number of carbonyl (C=O) groups is 2. The molecule has 3 aromatic rings. The van der Waals surface area contributed by atoms with Crippen molar-refractivity contribution in [1.82, 2.24) is 19.9 Å². The summed E-state index contributed by atoms with van der Waals surface area (Å²) in [5, 5.41) is 0.